The van der Waals surface area contributed by atoms with Gasteiger partial charge < -0.3 is 19.8 Å². The number of piperazine rings is 1. The lowest BCUT2D eigenvalue weighted by molar-refractivity contribution is -0.137. The van der Waals surface area contributed by atoms with Crippen LogP contribution in [-0.4, -0.2) is 94.9 Å². The van der Waals surface area contributed by atoms with Crippen molar-refractivity contribution in [1.29, 1.82) is 0 Å². The van der Waals surface area contributed by atoms with E-state index in [2.05, 4.69) is 76.2 Å². The first-order valence-electron chi connectivity index (χ1n) is 15.2. The highest BCUT2D eigenvalue weighted by atomic mass is 16.3. The fraction of sp³-hybridized carbons (Fsp3) is 0.562. The molecule has 1 aromatic carbocycles. The average molecular weight is 543 g/mol. The quantitative estimate of drug-likeness (QED) is 0.530. The largest absolute Gasteiger partial charge is 0.393 e. The number of aliphatic hydroxyl groups excluding tert-OH is 1. The standard InChI is InChI=1S/C32H42N6O2/c1-23(2)36-19-32(20-36)21-37(22-32)27-7-3-24(4-8-27)26-17-30-29(11-12-33-38(30)18-26)34-13-15-35(16-14-34)31(40)25-5-9-28(39)10-6-25/h3-4,7-8,11-12,17-18,23,25,28,39H,5-6,9-10,13-16,19-22H2,1-2H3/t25-,28-. The molecule has 40 heavy (non-hydrogen) atoms. The van der Waals surface area contributed by atoms with Gasteiger partial charge in [0.2, 0.25) is 5.91 Å². The molecule has 0 atom stereocenters. The molecule has 5 heterocycles. The second-order valence-corrected chi connectivity index (χ2v) is 13.0. The Hall–Kier alpha value is -3.10. The Morgan fingerprint density at radius 1 is 0.900 bits per heavy atom. The highest BCUT2D eigenvalue weighted by molar-refractivity contribution is 5.82. The van der Waals surface area contributed by atoms with Crippen LogP contribution in [0.2, 0.25) is 0 Å². The van der Waals surface area contributed by atoms with E-state index in [1.54, 1.807) is 0 Å². The van der Waals surface area contributed by atoms with Crippen molar-refractivity contribution in [3.8, 4) is 11.1 Å². The van der Waals surface area contributed by atoms with Crippen molar-refractivity contribution in [2.24, 2.45) is 11.3 Å². The van der Waals surface area contributed by atoms with Crippen molar-refractivity contribution in [2.75, 3.05) is 62.2 Å². The van der Waals surface area contributed by atoms with Crippen molar-refractivity contribution in [3.05, 3.63) is 48.8 Å². The van der Waals surface area contributed by atoms with Crippen LogP contribution in [0, 0.1) is 11.3 Å². The molecule has 1 aliphatic carbocycles. The minimum absolute atomic E-state index is 0.0813. The van der Waals surface area contributed by atoms with E-state index in [-0.39, 0.29) is 17.9 Å². The Morgan fingerprint density at radius 3 is 2.27 bits per heavy atom. The maximum atomic E-state index is 13.1. The van der Waals surface area contributed by atoms with Crippen molar-refractivity contribution < 1.29 is 9.90 Å². The summed E-state index contributed by atoms with van der Waals surface area (Å²) in [6.45, 7) is 12.5. The molecule has 1 N–H and O–H groups in total. The van der Waals surface area contributed by atoms with E-state index >= 15 is 0 Å². The molecule has 3 aromatic rings. The smallest absolute Gasteiger partial charge is 0.225 e. The Balaban J connectivity index is 0.997. The van der Waals surface area contributed by atoms with Gasteiger partial charge in [0.1, 0.15) is 0 Å². The monoisotopic (exact) mass is 542 g/mol. The summed E-state index contributed by atoms with van der Waals surface area (Å²) in [6.07, 6.45) is 6.90. The molecule has 0 radical (unpaired) electrons. The zero-order chi connectivity index (χ0) is 27.4. The predicted octanol–water partition coefficient (Wildman–Crippen LogP) is 3.73. The van der Waals surface area contributed by atoms with Gasteiger partial charge in [-0.05, 0) is 69.4 Å². The molecule has 2 aromatic heterocycles. The summed E-state index contributed by atoms with van der Waals surface area (Å²) in [5.41, 5.74) is 6.49. The van der Waals surface area contributed by atoms with Crippen LogP contribution in [0.3, 0.4) is 0 Å². The van der Waals surface area contributed by atoms with E-state index in [1.165, 1.54) is 48.7 Å². The normalized spacial score (nSPS) is 24.9. The molecule has 8 heteroatoms. The van der Waals surface area contributed by atoms with Gasteiger partial charge in [-0.25, -0.2) is 4.52 Å². The van der Waals surface area contributed by atoms with Gasteiger partial charge >= 0.3 is 0 Å². The number of benzene rings is 1. The first-order chi connectivity index (χ1) is 19.4. The lowest BCUT2D eigenvalue weighted by Gasteiger charge is -2.62. The average Bonchev–Trinajstić information content (AvgIpc) is 3.37. The Bertz CT molecular complexity index is 1350. The number of fused-ring (bicyclic) bond motifs is 1. The molecule has 3 saturated heterocycles. The minimum Gasteiger partial charge on any atom is -0.393 e. The van der Waals surface area contributed by atoms with Gasteiger partial charge in [0.05, 0.1) is 17.3 Å². The van der Waals surface area contributed by atoms with E-state index < -0.39 is 0 Å². The summed E-state index contributed by atoms with van der Waals surface area (Å²) in [6, 6.07) is 14.0. The second kappa shape index (κ2) is 10.1. The predicted molar refractivity (Wildman–Crippen MR) is 159 cm³/mol. The number of rotatable bonds is 5. The highest BCUT2D eigenvalue weighted by Gasteiger charge is 2.52. The number of nitrogens with zero attached hydrogens (tertiary/aromatic N) is 6. The van der Waals surface area contributed by atoms with Crippen LogP contribution in [0.15, 0.2) is 48.8 Å². The minimum atomic E-state index is -0.226. The van der Waals surface area contributed by atoms with Gasteiger partial charge in [0.15, 0.2) is 0 Å². The summed E-state index contributed by atoms with van der Waals surface area (Å²) in [5, 5.41) is 14.4. The summed E-state index contributed by atoms with van der Waals surface area (Å²) in [5.74, 6) is 0.358. The van der Waals surface area contributed by atoms with Crippen molar-refractivity contribution in [1.82, 2.24) is 19.4 Å². The Kier molecular flexibility index (Phi) is 6.50. The maximum absolute atomic E-state index is 13.1. The van der Waals surface area contributed by atoms with Crippen molar-refractivity contribution in [2.45, 2.75) is 51.7 Å². The van der Waals surface area contributed by atoms with Gasteiger partial charge in [-0.15, -0.1) is 0 Å². The maximum Gasteiger partial charge on any atom is 0.225 e. The number of hydrogen-bond acceptors (Lipinski definition) is 6. The van der Waals surface area contributed by atoms with Gasteiger partial charge in [0, 0.05) is 93.4 Å². The summed E-state index contributed by atoms with van der Waals surface area (Å²) in [4.78, 5) is 22.6. The van der Waals surface area contributed by atoms with E-state index in [4.69, 9.17) is 0 Å². The van der Waals surface area contributed by atoms with Crippen LogP contribution in [-0.2, 0) is 4.79 Å². The number of amides is 1. The molecule has 0 unspecified atom stereocenters. The molecule has 0 bridgehead atoms. The molecule has 4 aliphatic rings. The fourth-order valence-electron chi connectivity index (χ4n) is 7.37. The first-order valence-corrected chi connectivity index (χ1v) is 15.2. The lowest BCUT2D eigenvalue weighted by Crippen LogP contribution is -2.73. The van der Waals surface area contributed by atoms with E-state index in [1.807, 2.05) is 15.6 Å². The molecule has 1 spiro atoms. The van der Waals surface area contributed by atoms with Crippen LogP contribution < -0.4 is 9.80 Å². The van der Waals surface area contributed by atoms with Gasteiger partial charge in [-0.3, -0.25) is 9.69 Å². The van der Waals surface area contributed by atoms with Crippen LogP contribution in [0.4, 0.5) is 11.4 Å². The zero-order valence-corrected chi connectivity index (χ0v) is 23.9. The first kappa shape index (κ1) is 25.8. The summed E-state index contributed by atoms with van der Waals surface area (Å²) < 4.78 is 1.99. The van der Waals surface area contributed by atoms with Crippen LogP contribution in [0.1, 0.15) is 39.5 Å². The van der Waals surface area contributed by atoms with Crippen LogP contribution in [0.25, 0.3) is 16.6 Å². The molecule has 1 saturated carbocycles. The molecular weight excluding hydrogens is 500 g/mol. The number of aliphatic hydroxyl groups is 1. The van der Waals surface area contributed by atoms with Gasteiger partial charge in [-0.2, -0.15) is 5.10 Å². The molecule has 7 rings (SSSR count). The number of hydrogen-bond donors (Lipinski definition) is 1. The lowest BCUT2D eigenvalue weighted by atomic mass is 9.72. The highest BCUT2D eigenvalue weighted by Crippen LogP contribution is 2.43. The van der Waals surface area contributed by atoms with E-state index in [0.717, 1.165) is 57.4 Å². The van der Waals surface area contributed by atoms with E-state index in [9.17, 15) is 9.90 Å². The van der Waals surface area contributed by atoms with Crippen LogP contribution in [0.5, 0.6) is 0 Å². The van der Waals surface area contributed by atoms with Crippen molar-refractivity contribution >= 4 is 22.8 Å². The molecule has 8 nitrogen and oxygen atoms in total. The number of anilines is 2. The third-order valence-corrected chi connectivity index (χ3v) is 9.89. The SMILES string of the molecule is CC(C)N1CC2(CN(c3ccc(-c4cc5c(N6CCN(C(=O)[C@H]7CC[C@H](O)CC7)CC6)ccnn5c4)cc3)C2)C1. The molecular formula is C32H42N6O2. The van der Waals surface area contributed by atoms with Gasteiger partial charge in [-0.1, -0.05) is 12.1 Å². The van der Waals surface area contributed by atoms with Crippen molar-refractivity contribution in [3.63, 3.8) is 0 Å². The molecule has 1 amide bonds. The molecule has 4 fully saturated rings. The third-order valence-electron chi connectivity index (χ3n) is 9.89. The van der Waals surface area contributed by atoms with E-state index in [0.29, 0.717) is 11.5 Å². The summed E-state index contributed by atoms with van der Waals surface area (Å²) in [7, 11) is 0. The number of aromatic nitrogens is 2. The topological polar surface area (TPSA) is 67.6 Å². The Morgan fingerprint density at radius 2 is 1.60 bits per heavy atom. The number of carbonyl (C=O) groups is 1. The van der Waals surface area contributed by atoms with Gasteiger partial charge in [0.25, 0.3) is 0 Å². The van der Waals surface area contributed by atoms with Crippen LogP contribution >= 0.6 is 0 Å². The number of carbonyl (C=O) groups excluding carboxylic acids is 1. The number of likely N-dealkylation sites (tertiary alicyclic amines) is 1. The summed E-state index contributed by atoms with van der Waals surface area (Å²) >= 11 is 0. The Labute approximate surface area is 237 Å². The third kappa shape index (κ3) is 4.65. The zero-order valence-electron chi connectivity index (χ0n) is 23.9. The second-order valence-electron chi connectivity index (χ2n) is 13.0. The fourth-order valence-corrected chi connectivity index (χ4v) is 7.37. The molecule has 3 aliphatic heterocycles. The molecule has 212 valence electrons.